The number of carboxylic acids is 1. The number of imide groups is 1. The van der Waals surface area contributed by atoms with Gasteiger partial charge in [-0.05, 0) is 12.1 Å². The second kappa shape index (κ2) is 4.30. The third-order valence-corrected chi connectivity index (χ3v) is 2.94. The predicted molar refractivity (Wildman–Crippen MR) is 65.4 cm³/mol. The number of urea groups is 1. The number of aromatic nitrogens is 3. The second-order valence-corrected chi connectivity index (χ2v) is 4.19. The molecule has 2 aromatic rings. The van der Waals surface area contributed by atoms with Crippen molar-refractivity contribution in [2.75, 3.05) is 11.4 Å². The minimum absolute atomic E-state index is 0.00907. The Morgan fingerprint density at radius 2 is 2.15 bits per heavy atom. The third kappa shape index (κ3) is 1.85. The number of fused-ring (bicyclic) bond motifs is 1. The number of hydrogen-bond acceptors (Lipinski definition) is 5. The van der Waals surface area contributed by atoms with Crippen molar-refractivity contribution in [1.82, 2.24) is 19.9 Å². The standard InChI is InChI=1S/C11H9N5O4/c17-8-1-2-15(11(20)14-8)9-4-6(10(18)19)3-7-12-5-13-16(7)9/h3-5H,1-2H2,(H,18,19)(H,14,17,20). The van der Waals surface area contributed by atoms with E-state index in [1.165, 1.54) is 27.9 Å². The fourth-order valence-electron chi connectivity index (χ4n) is 2.00. The minimum Gasteiger partial charge on any atom is -0.478 e. The van der Waals surface area contributed by atoms with E-state index in [0.29, 0.717) is 5.65 Å². The molecule has 0 aliphatic carbocycles. The van der Waals surface area contributed by atoms with E-state index in [4.69, 9.17) is 5.11 Å². The zero-order chi connectivity index (χ0) is 14.3. The molecule has 0 saturated carbocycles. The lowest BCUT2D eigenvalue weighted by molar-refractivity contribution is -0.120. The van der Waals surface area contributed by atoms with E-state index >= 15 is 0 Å². The summed E-state index contributed by atoms with van der Waals surface area (Å²) in [7, 11) is 0. The number of anilines is 1. The van der Waals surface area contributed by atoms with Crippen molar-refractivity contribution in [3.8, 4) is 0 Å². The number of pyridine rings is 1. The SMILES string of the molecule is O=C1CCN(c2cc(C(=O)O)cc3ncnn23)C(=O)N1. The summed E-state index contributed by atoms with van der Waals surface area (Å²) in [5.41, 5.74) is 0.301. The van der Waals surface area contributed by atoms with E-state index < -0.39 is 12.0 Å². The maximum Gasteiger partial charge on any atom is 0.335 e. The quantitative estimate of drug-likeness (QED) is 0.788. The van der Waals surface area contributed by atoms with Crippen LogP contribution in [0.3, 0.4) is 0 Å². The van der Waals surface area contributed by atoms with Crippen LogP contribution in [0.5, 0.6) is 0 Å². The highest BCUT2D eigenvalue weighted by Gasteiger charge is 2.27. The minimum atomic E-state index is -1.13. The van der Waals surface area contributed by atoms with E-state index in [9.17, 15) is 14.4 Å². The van der Waals surface area contributed by atoms with Gasteiger partial charge in [0.1, 0.15) is 12.1 Å². The van der Waals surface area contributed by atoms with Crippen LogP contribution in [-0.2, 0) is 4.79 Å². The Hall–Kier alpha value is -2.97. The maximum atomic E-state index is 11.8. The summed E-state index contributed by atoms with van der Waals surface area (Å²) >= 11 is 0. The molecule has 0 atom stereocenters. The molecule has 20 heavy (non-hydrogen) atoms. The highest BCUT2D eigenvalue weighted by Crippen LogP contribution is 2.20. The number of carbonyl (C=O) groups excluding carboxylic acids is 2. The lowest BCUT2D eigenvalue weighted by Crippen LogP contribution is -2.50. The Balaban J connectivity index is 2.14. The van der Waals surface area contributed by atoms with E-state index in [1.807, 2.05) is 0 Å². The van der Waals surface area contributed by atoms with Crippen LogP contribution in [0.4, 0.5) is 10.6 Å². The third-order valence-electron chi connectivity index (χ3n) is 2.94. The lowest BCUT2D eigenvalue weighted by Gasteiger charge is -2.26. The molecule has 0 unspecified atom stereocenters. The molecule has 1 saturated heterocycles. The van der Waals surface area contributed by atoms with Crippen LogP contribution < -0.4 is 10.2 Å². The molecule has 1 fully saturated rings. The van der Waals surface area contributed by atoms with Gasteiger partial charge in [0.05, 0.1) is 5.56 Å². The first-order chi connectivity index (χ1) is 9.56. The highest BCUT2D eigenvalue weighted by atomic mass is 16.4. The highest BCUT2D eigenvalue weighted by molar-refractivity contribution is 6.05. The normalized spacial score (nSPS) is 15.5. The first-order valence-corrected chi connectivity index (χ1v) is 5.74. The van der Waals surface area contributed by atoms with Crippen molar-refractivity contribution in [3.63, 3.8) is 0 Å². The molecule has 3 amide bonds. The Labute approximate surface area is 111 Å². The van der Waals surface area contributed by atoms with Crippen LogP contribution in [0.15, 0.2) is 18.5 Å². The van der Waals surface area contributed by atoms with E-state index in [2.05, 4.69) is 15.4 Å². The fraction of sp³-hybridized carbons (Fsp3) is 0.182. The number of aromatic carboxylic acids is 1. The number of nitrogens with zero attached hydrogens (tertiary/aromatic N) is 4. The molecule has 0 spiro atoms. The van der Waals surface area contributed by atoms with Crippen LogP contribution in [0, 0.1) is 0 Å². The molecule has 102 valence electrons. The van der Waals surface area contributed by atoms with Crippen molar-refractivity contribution in [1.29, 1.82) is 0 Å². The van der Waals surface area contributed by atoms with Crippen LogP contribution in [0.1, 0.15) is 16.8 Å². The van der Waals surface area contributed by atoms with Crippen molar-refractivity contribution in [2.24, 2.45) is 0 Å². The van der Waals surface area contributed by atoms with Crippen LogP contribution in [-0.4, -0.2) is 44.2 Å². The predicted octanol–water partition coefficient (Wildman–Crippen LogP) is -0.126. The van der Waals surface area contributed by atoms with Crippen molar-refractivity contribution in [3.05, 3.63) is 24.0 Å². The van der Waals surface area contributed by atoms with Gasteiger partial charge in [-0.2, -0.15) is 9.61 Å². The first kappa shape index (κ1) is 12.1. The van der Waals surface area contributed by atoms with Gasteiger partial charge in [0.25, 0.3) is 0 Å². The van der Waals surface area contributed by atoms with Gasteiger partial charge in [-0.15, -0.1) is 0 Å². The van der Waals surface area contributed by atoms with Crippen molar-refractivity contribution >= 4 is 29.4 Å². The number of amides is 3. The average Bonchev–Trinajstić information content (AvgIpc) is 2.86. The summed E-state index contributed by atoms with van der Waals surface area (Å²) in [6.07, 6.45) is 1.40. The molecule has 1 aliphatic rings. The zero-order valence-electron chi connectivity index (χ0n) is 10.1. The molecular weight excluding hydrogens is 266 g/mol. The topological polar surface area (TPSA) is 117 Å². The Morgan fingerprint density at radius 1 is 1.35 bits per heavy atom. The number of hydrogen-bond donors (Lipinski definition) is 2. The summed E-state index contributed by atoms with van der Waals surface area (Å²) in [6.45, 7) is 0.155. The Bertz CT molecular complexity index is 737. The number of carbonyl (C=O) groups is 3. The number of nitrogens with one attached hydrogen (secondary N) is 1. The lowest BCUT2D eigenvalue weighted by atomic mass is 10.2. The van der Waals surface area contributed by atoms with Gasteiger partial charge in [-0.25, -0.2) is 14.6 Å². The molecule has 9 heteroatoms. The Kier molecular flexibility index (Phi) is 2.60. The molecular formula is C11H9N5O4. The molecule has 1 aliphatic heterocycles. The molecule has 3 rings (SSSR count). The molecule has 0 radical (unpaired) electrons. The number of carboxylic acid groups (broad SMARTS) is 1. The van der Waals surface area contributed by atoms with Gasteiger partial charge < -0.3 is 5.11 Å². The van der Waals surface area contributed by atoms with Crippen LogP contribution >= 0.6 is 0 Å². The summed E-state index contributed by atoms with van der Waals surface area (Å²) < 4.78 is 1.35. The largest absolute Gasteiger partial charge is 0.478 e. The fourth-order valence-corrected chi connectivity index (χ4v) is 2.00. The molecule has 2 aromatic heterocycles. The summed E-state index contributed by atoms with van der Waals surface area (Å²) in [5.74, 6) is -1.25. The Morgan fingerprint density at radius 3 is 2.85 bits per heavy atom. The number of rotatable bonds is 2. The summed E-state index contributed by atoms with van der Waals surface area (Å²) in [4.78, 5) is 39.3. The van der Waals surface area contributed by atoms with Gasteiger partial charge >= 0.3 is 12.0 Å². The molecule has 0 aromatic carbocycles. The van der Waals surface area contributed by atoms with Gasteiger partial charge in [0, 0.05) is 13.0 Å². The van der Waals surface area contributed by atoms with Gasteiger partial charge in [-0.1, -0.05) is 0 Å². The summed E-state index contributed by atoms with van der Waals surface area (Å²) in [5, 5.41) is 15.2. The second-order valence-electron chi connectivity index (χ2n) is 4.19. The molecule has 2 N–H and O–H groups in total. The first-order valence-electron chi connectivity index (χ1n) is 5.74. The zero-order valence-corrected chi connectivity index (χ0v) is 10.1. The monoisotopic (exact) mass is 275 g/mol. The average molecular weight is 275 g/mol. The van der Waals surface area contributed by atoms with Crippen molar-refractivity contribution in [2.45, 2.75) is 6.42 Å². The van der Waals surface area contributed by atoms with E-state index in [0.717, 1.165) is 0 Å². The molecule has 0 bridgehead atoms. The van der Waals surface area contributed by atoms with Gasteiger partial charge in [0.15, 0.2) is 5.65 Å². The molecule has 3 heterocycles. The van der Waals surface area contributed by atoms with Gasteiger partial charge in [0.2, 0.25) is 5.91 Å². The van der Waals surface area contributed by atoms with Crippen LogP contribution in [0.25, 0.3) is 5.65 Å². The van der Waals surface area contributed by atoms with Crippen molar-refractivity contribution < 1.29 is 19.5 Å². The van der Waals surface area contributed by atoms with E-state index in [-0.39, 0.29) is 30.3 Å². The maximum absolute atomic E-state index is 11.8. The van der Waals surface area contributed by atoms with Crippen LogP contribution in [0.2, 0.25) is 0 Å². The smallest absolute Gasteiger partial charge is 0.335 e. The molecule has 9 nitrogen and oxygen atoms in total. The van der Waals surface area contributed by atoms with Gasteiger partial charge in [-0.3, -0.25) is 15.0 Å². The summed E-state index contributed by atoms with van der Waals surface area (Å²) in [6, 6.07) is 2.06. The van der Waals surface area contributed by atoms with E-state index in [1.54, 1.807) is 0 Å².